The molecule has 0 aliphatic carbocycles. The van der Waals surface area contributed by atoms with Crippen LogP contribution in [0, 0.1) is 0 Å². The van der Waals surface area contributed by atoms with Crippen LogP contribution < -0.4 is 9.49 Å². The van der Waals surface area contributed by atoms with E-state index in [-0.39, 0.29) is 18.0 Å². The van der Waals surface area contributed by atoms with Crippen LogP contribution in [0.3, 0.4) is 0 Å². The van der Waals surface area contributed by atoms with Crippen LogP contribution in [0.15, 0.2) is 59.5 Å². The highest BCUT2D eigenvalue weighted by Crippen LogP contribution is 2.23. The molecule has 0 fully saturated rings. The van der Waals surface area contributed by atoms with Gasteiger partial charge in [-0.25, -0.2) is 8.42 Å². The van der Waals surface area contributed by atoms with E-state index in [0.29, 0.717) is 5.69 Å². The molecule has 5 nitrogen and oxygen atoms in total. The van der Waals surface area contributed by atoms with E-state index in [1.807, 2.05) is 13.1 Å². The van der Waals surface area contributed by atoms with Crippen LogP contribution in [0.4, 0.5) is 5.69 Å². The van der Waals surface area contributed by atoms with Crippen LogP contribution in [0.1, 0.15) is 0 Å². The highest BCUT2D eigenvalue weighted by atomic mass is 32.2. The summed E-state index contributed by atoms with van der Waals surface area (Å²) in [5, 5.41) is 0.857. The van der Waals surface area contributed by atoms with Crippen molar-refractivity contribution >= 4 is 29.2 Å². The van der Waals surface area contributed by atoms with Gasteiger partial charge in [0.2, 0.25) is 8.32 Å². The molecule has 0 saturated carbocycles. The summed E-state index contributed by atoms with van der Waals surface area (Å²) in [4.78, 5) is 10.4. The van der Waals surface area contributed by atoms with E-state index in [1.165, 1.54) is 11.4 Å². The minimum Gasteiger partial charge on any atom is -0.428 e. The number of methoxy groups -OCH3 is 1. The number of anilines is 1. The molecule has 0 heterocycles. The van der Waals surface area contributed by atoms with E-state index >= 15 is 0 Å². The third kappa shape index (κ3) is 4.24. The number of benzene rings is 2. The summed E-state index contributed by atoms with van der Waals surface area (Å²) in [6, 6.07) is 15.4. The van der Waals surface area contributed by atoms with Crippen molar-refractivity contribution in [1.29, 1.82) is 0 Å². The van der Waals surface area contributed by atoms with Gasteiger partial charge in [0, 0.05) is 7.11 Å². The minimum absolute atomic E-state index is 0.215. The molecule has 2 rings (SSSR count). The highest BCUT2D eigenvalue weighted by molar-refractivity contribution is 7.92. The molecular weight excluding hydrogens is 342 g/mol. The fourth-order valence-electron chi connectivity index (χ4n) is 2.32. The molecule has 0 amide bonds. The lowest BCUT2D eigenvalue weighted by Crippen LogP contribution is -2.41. The number of ether oxygens (including phenoxy) is 1. The van der Waals surface area contributed by atoms with Crippen molar-refractivity contribution in [1.82, 2.24) is 0 Å². The molecule has 0 aromatic heterocycles. The summed E-state index contributed by atoms with van der Waals surface area (Å²) >= 11 is 0. The Balaban J connectivity index is 2.42. The molecule has 0 unspecified atom stereocenters. The molecule has 24 heavy (non-hydrogen) atoms. The maximum atomic E-state index is 13.0. The van der Waals surface area contributed by atoms with Crippen LogP contribution >= 0.6 is 0 Å². The molecule has 1 N–H and O–H groups in total. The van der Waals surface area contributed by atoms with Crippen LogP contribution in [-0.2, 0) is 14.8 Å². The largest absolute Gasteiger partial charge is 0.428 e. The zero-order valence-electron chi connectivity index (χ0n) is 14.1. The van der Waals surface area contributed by atoms with Gasteiger partial charge < -0.3 is 9.53 Å². The minimum atomic E-state index is -3.67. The summed E-state index contributed by atoms with van der Waals surface area (Å²) < 4.78 is 32.3. The maximum absolute atomic E-state index is 13.0. The first-order valence-electron chi connectivity index (χ1n) is 7.66. The van der Waals surface area contributed by atoms with Crippen LogP contribution in [0.25, 0.3) is 0 Å². The molecule has 0 aliphatic heterocycles. The van der Waals surface area contributed by atoms with E-state index in [4.69, 9.17) is 4.74 Å². The Hall–Kier alpha value is -1.67. The Morgan fingerprint density at radius 2 is 1.62 bits per heavy atom. The predicted molar refractivity (Wildman–Crippen MR) is 98.6 cm³/mol. The lowest BCUT2D eigenvalue weighted by molar-refractivity contribution is 0.208. The smallest absolute Gasteiger partial charge is 0.264 e. The average Bonchev–Trinajstić information content (AvgIpc) is 2.55. The molecule has 0 spiro atoms. The van der Waals surface area contributed by atoms with Gasteiger partial charge in [0.1, 0.15) is 0 Å². The summed E-state index contributed by atoms with van der Waals surface area (Å²) in [5.74, 6) is 0. The summed E-state index contributed by atoms with van der Waals surface area (Å²) in [6.45, 7) is 4.15. The zero-order chi connectivity index (χ0) is 17.8. The molecule has 2 aromatic rings. The molecule has 130 valence electrons. The van der Waals surface area contributed by atoms with Crippen molar-refractivity contribution in [2.24, 2.45) is 0 Å². The summed E-state index contributed by atoms with van der Waals surface area (Å²) in [5.41, 5.74) is 0.554. The number of nitrogens with zero attached hydrogens (tertiary/aromatic N) is 1. The highest BCUT2D eigenvalue weighted by Gasteiger charge is 2.26. The van der Waals surface area contributed by atoms with Gasteiger partial charge in [-0.15, -0.1) is 0 Å². The first-order chi connectivity index (χ1) is 11.3. The molecule has 0 aliphatic rings. The van der Waals surface area contributed by atoms with E-state index < -0.39 is 18.3 Å². The van der Waals surface area contributed by atoms with Gasteiger partial charge in [0.15, 0.2) is 0 Å². The number of sulfonamides is 1. The van der Waals surface area contributed by atoms with Gasteiger partial charge in [0.25, 0.3) is 10.0 Å². The van der Waals surface area contributed by atoms with Gasteiger partial charge in [-0.05, 0) is 42.5 Å². The lowest BCUT2D eigenvalue weighted by Gasteiger charge is -2.25. The average molecular weight is 366 g/mol. The molecule has 0 saturated heterocycles. The van der Waals surface area contributed by atoms with E-state index in [9.17, 15) is 13.2 Å². The van der Waals surface area contributed by atoms with Gasteiger partial charge >= 0.3 is 0 Å². The third-order valence-electron chi connectivity index (χ3n) is 3.69. The summed E-state index contributed by atoms with van der Waals surface area (Å²) in [7, 11) is -4.55. The SMILES string of the molecule is COCCN(c1ccc([Si](C)(C)O)cc1)S(=O)(=O)c1ccccc1. The standard InChI is InChI=1S/C17H23NO4SSi/c1-22-14-13-18(23(19,20)16-7-5-4-6-8-16)15-9-11-17(12-10-15)24(2,3)21/h4-12,21H,13-14H2,1-3H3. The van der Waals surface area contributed by atoms with Crippen molar-refractivity contribution < 1.29 is 18.0 Å². The second kappa shape index (κ2) is 7.48. The normalized spacial score (nSPS) is 12.2. The fraction of sp³-hybridized carbons (Fsp3) is 0.294. The van der Waals surface area contributed by atoms with Crippen molar-refractivity contribution in [2.45, 2.75) is 18.0 Å². The quantitative estimate of drug-likeness (QED) is 0.762. The van der Waals surface area contributed by atoms with E-state index in [0.717, 1.165) is 5.19 Å². The van der Waals surface area contributed by atoms with Crippen molar-refractivity contribution in [2.75, 3.05) is 24.6 Å². The second-order valence-electron chi connectivity index (χ2n) is 5.99. The first-order valence-corrected chi connectivity index (χ1v) is 12.0. The Morgan fingerprint density at radius 1 is 1.04 bits per heavy atom. The van der Waals surface area contributed by atoms with Gasteiger partial charge in [-0.2, -0.15) is 0 Å². The monoisotopic (exact) mass is 365 g/mol. The lowest BCUT2D eigenvalue weighted by atomic mass is 10.3. The molecule has 0 radical (unpaired) electrons. The van der Waals surface area contributed by atoms with Gasteiger partial charge in [-0.1, -0.05) is 30.3 Å². The molecule has 7 heteroatoms. The Bertz CT molecular complexity index is 755. The molecular formula is C17H23NO4SSi. The first kappa shape index (κ1) is 18.7. The Morgan fingerprint density at radius 3 is 2.12 bits per heavy atom. The number of hydrogen-bond donors (Lipinski definition) is 1. The molecule has 0 bridgehead atoms. The van der Waals surface area contributed by atoms with Crippen LogP contribution in [0.2, 0.25) is 13.1 Å². The van der Waals surface area contributed by atoms with Crippen molar-refractivity contribution in [3.63, 3.8) is 0 Å². The topological polar surface area (TPSA) is 66.8 Å². The summed E-state index contributed by atoms with van der Waals surface area (Å²) in [6.07, 6.45) is 0. The van der Waals surface area contributed by atoms with Crippen LogP contribution in [0.5, 0.6) is 0 Å². The zero-order valence-corrected chi connectivity index (χ0v) is 16.0. The van der Waals surface area contributed by atoms with E-state index in [2.05, 4.69) is 0 Å². The van der Waals surface area contributed by atoms with Crippen molar-refractivity contribution in [3.8, 4) is 0 Å². The van der Waals surface area contributed by atoms with E-state index in [1.54, 1.807) is 54.6 Å². The van der Waals surface area contributed by atoms with Gasteiger partial charge in [-0.3, -0.25) is 4.31 Å². The molecule has 0 atom stereocenters. The van der Waals surface area contributed by atoms with Crippen LogP contribution in [-0.4, -0.2) is 41.8 Å². The fourth-order valence-corrected chi connectivity index (χ4v) is 4.77. The number of hydrogen-bond acceptors (Lipinski definition) is 4. The maximum Gasteiger partial charge on any atom is 0.264 e. The molecule has 2 aromatic carbocycles. The Kier molecular flexibility index (Phi) is 5.82. The predicted octanol–water partition coefficient (Wildman–Crippen LogP) is 1.93. The third-order valence-corrected chi connectivity index (χ3v) is 7.28. The second-order valence-corrected chi connectivity index (χ2v) is 11.5. The Labute approximate surface area is 144 Å². The number of rotatable bonds is 7. The van der Waals surface area contributed by atoms with Gasteiger partial charge in [0.05, 0.1) is 23.7 Å². The van der Waals surface area contributed by atoms with Crippen molar-refractivity contribution in [3.05, 3.63) is 54.6 Å².